The van der Waals surface area contributed by atoms with Crippen molar-refractivity contribution in [1.82, 2.24) is 0 Å². The summed E-state index contributed by atoms with van der Waals surface area (Å²) in [5.41, 5.74) is 7.59. The van der Waals surface area contributed by atoms with E-state index in [4.69, 9.17) is 5.73 Å². The molecule has 0 aromatic heterocycles. The summed E-state index contributed by atoms with van der Waals surface area (Å²) in [6, 6.07) is 19.0. The summed E-state index contributed by atoms with van der Waals surface area (Å²) in [5, 5.41) is 0.282. The van der Waals surface area contributed by atoms with Crippen LogP contribution in [0, 0.1) is 0 Å². The van der Waals surface area contributed by atoms with Crippen LogP contribution in [0.4, 0.5) is 0 Å². The maximum absolute atomic E-state index is 6.31. The maximum Gasteiger partial charge on any atom is 0.0495 e. The van der Waals surface area contributed by atoms with Crippen molar-refractivity contribution in [2.24, 2.45) is 5.73 Å². The van der Waals surface area contributed by atoms with Gasteiger partial charge in [0.1, 0.15) is 0 Å². The van der Waals surface area contributed by atoms with Gasteiger partial charge in [-0.05, 0) is 36.2 Å². The van der Waals surface area contributed by atoms with Gasteiger partial charge in [0.05, 0.1) is 0 Å². The second-order valence-corrected chi connectivity index (χ2v) is 6.61. The van der Waals surface area contributed by atoms with Crippen LogP contribution in [0.25, 0.3) is 0 Å². The summed E-state index contributed by atoms with van der Waals surface area (Å²) in [7, 11) is 0. The molecule has 2 aromatic rings. The normalized spacial score (nSPS) is 14.1. The van der Waals surface area contributed by atoms with Gasteiger partial charge in [0.25, 0.3) is 0 Å². The van der Waals surface area contributed by atoms with E-state index in [0.29, 0.717) is 0 Å². The van der Waals surface area contributed by atoms with E-state index in [2.05, 4.69) is 65.3 Å². The molecule has 0 spiro atoms. The van der Waals surface area contributed by atoms with E-state index in [1.807, 2.05) is 23.9 Å². The fourth-order valence-electron chi connectivity index (χ4n) is 1.95. The minimum atomic E-state index is 0.152. The second kappa shape index (κ2) is 7.13. The Hall–Kier alpha value is -0.770. The lowest BCUT2D eigenvalue weighted by atomic mass is 10.0. The molecular formula is C16H18BrNS. The van der Waals surface area contributed by atoms with Gasteiger partial charge in [0.2, 0.25) is 0 Å². The van der Waals surface area contributed by atoms with Crippen molar-refractivity contribution in [3.63, 3.8) is 0 Å². The minimum absolute atomic E-state index is 0.152. The Morgan fingerprint density at radius 1 is 1.11 bits per heavy atom. The molecule has 0 amide bonds. The van der Waals surface area contributed by atoms with Crippen LogP contribution in [-0.4, -0.2) is 6.04 Å². The van der Waals surface area contributed by atoms with Crippen LogP contribution in [0.15, 0.2) is 64.0 Å². The Balaban J connectivity index is 2.26. The largest absolute Gasteiger partial charge is 0.326 e. The number of halogens is 1. The van der Waals surface area contributed by atoms with Crippen molar-refractivity contribution in [3.05, 3.63) is 64.6 Å². The number of benzene rings is 2. The van der Waals surface area contributed by atoms with E-state index in [-0.39, 0.29) is 11.3 Å². The zero-order chi connectivity index (χ0) is 13.7. The molecule has 0 aliphatic heterocycles. The third kappa shape index (κ3) is 4.10. The Bertz CT molecular complexity index is 515. The van der Waals surface area contributed by atoms with Gasteiger partial charge in [0.15, 0.2) is 0 Å². The van der Waals surface area contributed by atoms with Gasteiger partial charge < -0.3 is 5.73 Å². The lowest BCUT2D eigenvalue weighted by molar-refractivity contribution is 0.634. The molecular weight excluding hydrogens is 318 g/mol. The number of hydrogen-bond acceptors (Lipinski definition) is 2. The van der Waals surface area contributed by atoms with Crippen LogP contribution in [0.2, 0.25) is 0 Å². The van der Waals surface area contributed by atoms with Crippen molar-refractivity contribution in [1.29, 1.82) is 0 Å². The Kier molecular flexibility index (Phi) is 5.49. The van der Waals surface area contributed by atoms with Crippen LogP contribution in [0.1, 0.15) is 24.2 Å². The number of rotatable bonds is 5. The Labute approximate surface area is 127 Å². The molecule has 0 radical (unpaired) electrons. The highest BCUT2D eigenvalue weighted by Gasteiger charge is 2.20. The molecule has 2 unspecified atom stereocenters. The fraction of sp³-hybridized carbons (Fsp3) is 0.250. The summed E-state index contributed by atoms with van der Waals surface area (Å²) in [6.07, 6.45) is 0.969. The minimum Gasteiger partial charge on any atom is -0.326 e. The van der Waals surface area contributed by atoms with Crippen molar-refractivity contribution in [2.45, 2.75) is 29.5 Å². The zero-order valence-corrected chi connectivity index (χ0v) is 13.3. The lowest BCUT2D eigenvalue weighted by Gasteiger charge is -2.23. The number of thioether (sulfide) groups is 1. The van der Waals surface area contributed by atoms with E-state index >= 15 is 0 Å². The number of hydrogen-bond donors (Lipinski definition) is 1. The van der Waals surface area contributed by atoms with Gasteiger partial charge in [-0.25, -0.2) is 0 Å². The first kappa shape index (κ1) is 14.6. The van der Waals surface area contributed by atoms with E-state index < -0.39 is 0 Å². The maximum atomic E-state index is 6.31. The SMILES string of the molecule is CCC(N)C(Sc1ccccc1)c1cccc(Br)c1. The second-order valence-electron chi connectivity index (χ2n) is 4.48. The highest BCUT2D eigenvalue weighted by Crippen LogP contribution is 2.38. The van der Waals surface area contributed by atoms with E-state index in [9.17, 15) is 0 Å². The quantitative estimate of drug-likeness (QED) is 0.776. The highest BCUT2D eigenvalue weighted by atomic mass is 79.9. The Morgan fingerprint density at radius 2 is 1.84 bits per heavy atom. The van der Waals surface area contributed by atoms with Gasteiger partial charge in [-0.2, -0.15) is 0 Å². The molecule has 0 saturated heterocycles. The van der Waals surface area contributed by atoms with Crippen molar-refractivity contribution >= 4 is 27.7 Å². The molecule has 3 heteroatoms. The lowest BCUT2D eigenvalue weighted by Crippen LogP contribution is -2.25. The molecule has 0 fully saturated rings. The molecule has 2 rings (SSSR count). The molecule has 0 heterocycles. The molecule has 0 aliphatic rings. The third-order valence-electron chi connectivity index (χ3n) is 3.04. The van der Waals surface area contributed by atoms with Crippen LogP contribution in [0.5, 0.6) is 0 Å². The summed E-state index contributed by atoms with van der Waals surface area (Å²) in [4.78, 5) is 1.26. The van der Waals surface area contributed by atoms with Crippen LogP contribution < -0.4 is 5.73 Å². The van der Waals surface area contributed by atoms with Gasteiger partial charge in [-0.1, -0.05) is 53.2 Å². The monoisotopic (exact) mass is 335 g/mol. The van der Waals surface area contributed by atoms with Crippen molar-refractivity contribution in [2.75, 3.05) is 0 Å². The van der Waals surface area contributed by atoms with Crippen molar-refractivity contribution < 1.29 is 0 Å². The average Bonchev–Trinajstić information content (AvgIpc) is 2.45. The van der Waals surface area contributed by atoms with E-state index in [0.717, 1.165) is 10.9 Å². The molecule has 2 aromatic carbocycles. The molecule has 2 N–H and O–H groups in total. The van der Waals surface area contributed by atoms with Crippen LogP contribution >= 0.6 is 27.7 Å². The fourth-order valence-corrected chi connectivity index (χ4v) is 3.62. The molecule has 0 aliphatic carbocycles. The van der Waals surface area contributed by atoms with E-state index in [1.54, 1.807) is 0 Å². The molecule has 19 heavy (non-hydrogen) atoms. The molecule has 0 saturated carbocycles. The molecule has 100 valence electrons. The first-order valence-electron chi connectivity index (χ1n) is 6.43. The summed E-state index contributed by atoms with van der Waals surface area (Å²) in [5.74, 6) is 0. The van der Waals surface area contributed by atoms with Gasteiger partial charge in [0, 0.05) is 20.7 Å². The molecule has 2 atom stereocenters. The van der Waals surface area contributed by atoms with Gasteiger partial charge in [-0.15, -0.1) is 11.8 Å². The average molecular weight is 336 g/mol. The summed E-state index contributed by atoms with van der Waals surface area (Å²) >= 11 is 5.37. The molecule has 0 bridgehead atoms. The summed E-state index contributed by atoms with van der Waals surface area (Å²) in [6.45, 7) is 2.14. The molecule has 1 nitrogen and oxygen atoms in total. The van der Waals surface area contributed by atoms with Gasteiger partial charge >= 0.3 is 0 Å². The Morgan fingerprint density at radius 3 is 2.47 bits per heavy atom. The predicted molar refractivity (Wildman–Crippen MR) is 87.4 cm³/mol. The highest BCUT2D eigenvalue weighted by molar-refractivity contribution is 9.10. The van der Waals surface area contributed by atoms with Gasteiger partial charge in [-0.3, -0.25) is 0 Å². The first-order valence-corrected chi connectivity index (χ1v) is 8.10. The van der Waals surface area contributed by atoms with Crippen molar-refractivity contribution in [3.8, 4) is 0 Å². The standard InChI is InChI=1S/C16H18BrNS/c1-2-15(18)16(12-7-6-8-13(17)11-12)19-14-9-4-3-5-10-14/h3-11,15-16H,2,18H2,1H3. The summed E-state index contributed by atoms with van der Waals surface area (Å²) < 4.78 is 1.10. The first-order chi connectivity index (χ1) is 9.20. The van der Waals surface area contributed by atoms with Crippen LogP contribution in [-0.2, 0) is 0 Å². The third-order valence-corrected chi connectivity index (χ3v) is 4.96. The van der Waals surface area contributed by atoms with E-state index in [1.165, 1.54) is 10.5 Å². The zero-order valence-electron chi connectivity index (χ0n) is 10.9. The topological polar surface area (TPSA) is 26.0 Å². The number of nitrogens with two attached hydrogens (primary N) is 1. The predicted octanol–water partition coefficient (Wildman–Crippen LogP) is 5.02. The van der Waals surface area contributed by atoms with Crippen LogP contribution in [0.3, 0.4) is 0 Å². The smallest absolute Gasteiger partial charge is 0.0495 e.